The number of rotatable bonds is 5. The molecule has 0 aliphatic carbocycles. The lowest BCUT2D eigenvalue weighted by Crippen LogP contribution is -2.21. The predicted molar refractivity (Wildman–Crippen MR) is 68.5 cm³/mol. The minimum absolute atomic E-state index is 0.322. The number of ether oxygens (including phenoxy) is 1. The normalized spacial score (nSPS) is 12.5. The van der Waals surface area contributed by atoms with Crippen LogP contribution >= 0.6 is 15.9 Å². The van der Waals surface area contributed by atoms with E-state index in [2.05, 4.69) is 53.3 Å². The SMILES string of the molecule is CCOCC(C)Nc1cccc(C)c1Br. The number of aryl methyl sites for hydroxylation is 1. The summed E-state index contributed by atoms with van der Waals surface area (Å²) in [4.78, 5) is 0. The van der Waals surface area contributed by atoms with Crippen molar-refractivity contribution in [2.75, 3.05) is 18.5 Å². The molecule has 1 aromatic carbocycles. The van der Waals surface area contributed by atoms with Crippen LogP contribution in [-0.4, -0.2) is 19.3 Å². The molecule has 3 heteroatoms. The van der Waals surface area contributed by atoms with Crippen LogP contribution in [0.4, 0.5) is 5.69 Å². The Labute approximate surface area is 100 Å². The van der Waals surface area contributed by atoms with E-state index in [-0.39, 0.29) is 0 Å². The first kappa shape index (κ1) is 12.5. The molecule has 0 radical (unpaired) electrons. The fourth-order valence-corrected chi connectivity index (χ4v) is 1.74. The molecule has 1 aromatic rings. The van der Waals surface area contributed by atoms with Crippen molar-refractivity contribution in [1.82, 2.24) is 0 Å². The molecule has 0 aliphatic heterocycles. The van der Waals surface area contributed by atoms with E-state index in [4.69, 9.17) is 4.74 Å². The van der Waals surface area contributed by atoms with Gasteiger partial charge in [-0.3, -0.25) is 0 Å². The van der Waals surface area contributed by atoms with Gasteiger partial charge in [0.05, 0.1) is 6.61 Å². The van der Waals surface area contributed by atoms with Crippen LogP contribution in [0.2, 0.25) is 0 Å². The predicted octanol–water partition coefficient (Wildman–Crippen LogP) is 3.59. The monoisotopic (exact) mass is 271 g/mol. The highest BCUT2D eigenvalue weighted by molar-refractivity contribution is 9.10. The van der Waals surface area contributed by atoms with Gasteiger partial charge in [-0.15, -0.1) is 0 Å². The van der Waals surface area contributed by atoms with E-state index in [1.54, 1.807) is 0 Å². The summed E-state index contributed by atoms with van der Waals surface area (Å²) < 4.78 is 6.49. The van der Waals surface area contributed by atoms with Crippen molar-refractivity contribution in [2.24, 2.45) is 0 Å². The number of anilines is 1. The van der Waals surface area contributed by atoms with Crippen LogP contribution in [0.3, 0.4) is 0 Å². The van der Waals surface area contributed by atoms with Crippen LogP contribution in [0.15, 0.2) is 22.7 Å². The van der Waals surface area contributed by atoms with Gasteiger partial charge >= 0.3 is 0 Å². The lowest BCUT2D eigenvalue weighted by atomic mass is 10.2. The molecule has 0 amide bonds. The molecule has 0 fully saturated rings. The smallest absolute Gasteiger partial charge is 0.0664 e. The van der Waals surface area contributed by atoms with Crippen LogP contribution < -0.4 is 5.32 Å². The van der Waals surface area contributed by atoms with E-state index in [1.165, 1.54) is 5.56 Å². The number of hydrogen-bond acceptors (Lipinski definition) is 2. The fourth-order valence-electron chi connectivity index (χ4n) is 1.36. The Kier molecular flexibility index (Phi) is 5.12. The average molecular weight is 272 g/mol. The van der Waals surface area contributed by atoms with E-state index in [0.29, 0.717) is 6.04 Å². The molecule has 15 heavy (non-hydrogen) atoms. The summed E-state index contributed by atoms with van der Waals surface area (Å²) in [5, 5.41) is 3.41. The second-order valence-corrected chi connectivity index (χ2v) is 4.43. The molecule has 0 saturated carbocycles. The molecule has 0 aliphatic rings. The van der Waals surface area contributed by atoms with Crippen LogP contribution in [0.25, 0.3) is 0 Å². The molecule has 0 bridgehead atoms. The molecule has 1 unspecified atom stereocenters. The summed E-state index contributed by atoms with van der Waals surface area (Å²) in [7, 11) is 0. The van der Waals surface area contributed by atoms with Crippen LogP contribution in [0.1, 0.15) is 19.4 Å². The van der Waals surface area contributed by atoms with Gasteiger partial charge in [-0.2, -0.15) is 0 Å². The summed E-state index contributed by atoms with van der Waals surface area (Å²) in [5.74, 6) is 0. The Morgan fingerprint density at radius 2 is 2.20 bits per heavy atom. The second-order valence-electron chi connectivity index (χ2n) is 3.64. The summed E-state index contributed by atoms with van der Waals surface area (Å²) in [5.41, 5.74) is 2.37. The number of nitrogens with one attached hydrogen (secondary N) is 1. The topological polar surface area (TPSA) is 21.3 Å². The maximum atomic E-state index is 5.36. The van der Waals surface area contributed by atoms with Gasteiger partial charge in [0, 0.05) is 22.8 Å². The highest BCUT2D eigenvalue weighted by Gasteiger charge is 2.05. The standard InChI is InChI=1S/C12H18BrNO/c1-4-15-8-10(3)14-11-7-5-6-9(2)12(11)13/h5-7,10,14H,4,8H2,1-3H3. The Morgan fingerprint density at radius 1 is 1.47 bits per heavy atom. The van der Waals surface area contributed by atoms with Crippen molar-refractivity contribution in [3.05, 3.63) is 28.2 Å². The first-order valence-electron chi connectivity index (χ1n) is 5.24. The Bertz CT molecular complexity index is 314. The van der Waals surface area contributed by atoms with Gasteiger partial charge in [0.25, 0.3) is 0 Å². The van der Waals surface area contributed by atoms with Crippen molar-refractivity contribution in [1.29, 1.82) is 0 Å². The van der Waals surface area contributed by atoms with E-state index >= 15 is 0 Å². The van der Waals surface area contributed by atoms with Gasteiger partial charge in [0.15, 0.2) is 0 Å². The van der Waals surface area contributed by atoms with Gasteiger partial charge in [0.1, 0.15) is 0 Å². The molecule has 0 heterocycles. The van der Waals surface area contributed by atoms with Gasteiger partial charge in [0.2, 0.25) is 0 Å². The van der Waals surface area contributed by atoms with Gasteiger partial charge < -0.3 is 10.1 Å². The lowest BCUT2D eigenvalue weighted by Gasteiger charge is -2.16. The average Bonchev–Trinajstić information content (AvgIpc) is 2.22. The number of benzene rings is 1. The van der Waals surface area contributed by atoms with Gasteiger partial charge in [-0.05, 0) is 48.3 Å². The third-order valence-electron chi connectivity index (χ3n) is 2.17. The quantitative estimate of drug-likeness (QED) is 0.884. The zero-order chi connectivity index (χ0) is 11.3. The molecule has 84 valence electrons. The molecule has 2 nitrogen and oxygen atoms in total. The lowest BCUT2D eigenvalue weighted by molar-refractivity contribution is 0.141. The largest absolute Gasteiger partial charge is 0.380 e. The Hall–Kier alpha value is -0.540. The highest BCUT2D eigenvalue weighted by Crippen LogP contribution is 2.26. The van der Waals surface area contributed by atoms with E-state index in [9.17, 15) is 0 Å². The van der Waals surface area contributed by atoms with E-state index in [1.807, 2.05) is 6.92 Å². The molecule has 1 N–H and O–H groups in total. The van der Waals surface area contributed by atoms with Crippen molar-refractivity contribution in [3.8, 4) is 0 Å². The zero-order valence-electron chi connectivity index (χ0n) is 9.51. The Balaban J connectivity index is 2.60. The first-order chi connectivity index (χ1) is 7.15. The third kappa shape index (κ3) is 3.84. The molecule has 0 aromatic heterocycles. The maximum Gasteiger partial charge on any atom is 0.0664 e. The van der Waals surface area contributed by atoms with Crippen molar-refractivity contribution in [3.63, 3.8) is 0 Å². The molecular formula is C12H18BrNO. The van der Waals surface area contributed by atoms with Crippen LogP contribution in [0, 0.1) is 6.92 Å². The van der Waals surface area contributed by atoms with Crippen molar-refractivity contribution in [2.45, 2.75) is 26.8 Å². The summed E-state index contributed by atoms with van der Waals surface area (Å²) in [6.45, 7) is 7.71. The summed E-state index contributed by atoms with van der Waals surface area (Å²) in [6, 6.07) is 6.53. The van der Waals surface area contributed by atoms with Crippen molar-refractivity contribution >= 4 is 21.6 Å². The van der Waals surface area contributed by atoms with Gasteiger partial charge in [-0.1, -0.05) is 12.1 Å². The van der Waals surface area contributed by atoms with Crippen molar-refractivity contribution < 1.29 is 4.74 Å². The molecule has 0 spiro atoms. The summed E-state index contributed by atoms with van der Waals surface area (Å²) >= 11 is 3.57. The Morgan fingerprint density at radius 3 is 2.87 bits per heavy atom. The van der Waals surface area contributed by atoms with Crippen LogP contribution in [-0.2, 0) is 4.74 Å². The second kappa shape index (κ2) is 6.13. The van der Waals surface area contributed by atoms with E-state index in [0.717, 1.165) is 23.4 Å². The summed E-state index contributed by atoms with van der Waals surface area (Å²) in [6.07, 6.45) is 0. The molecule has 0 saturated heterocycles. The molecular weight excluding hydrogens is 254 g/mol. The third-order valence-corrected chi connectivity index (χ3v) is 3.22. The minimum Gasteiger partial charge on any atom is -0.380 e. The number of halogens is 1. The van der Waals surface area contributed by atoms with E-state index < -0.39 is 0 Å². The van der Waals surface area contributed by atoms with Crippen LogP contribution in [0.5, 0.6) is 0 Å². The van der Waals surface area contributed by atoms with Gasteiger partial charge in [-0.25, -0.2) is 0 Å². The number of hydrogen-bond donors (Lipinski definition) is 1. The fraction of sp³-hybridized carbons (Fsp3) is 0.500. The minimum atomic E-state index is 0.322. The maximum absolute atomic E-state index is 5.36. The highest BCUT2D eigenvalue weighted by atomic mass is 79.9. The molecule has 1 atom stereocenters. The zero-order valence-corrected chi connectivity index (χ0v) is 11.1. The molecule has 1 rings (SSSR count). The first-order valence-corrected chi connectivity index (χ1v) is 6.03.